The van der Waals surface area contributed by atoms with Gasteiger partial charge in [-0.05, 0) is 130 Å². The largest absolute Gasteiger partial charge is 0.455 e. The van der Waals surface area contributed by atoms with E-state index in [4.69, 9.17) is 4.42 Å². The van der Waals surface area contributed by atoms with Crippen LogP contribution in [0.3, 0.4) is 0 Å². The highest BCUT2D eigenvalue weighted by Crippen LogP contribution is 2.53. The molecule has 12 rings (SSSR count). The van der Waals surface area contributed by atoms with Crippen LogP contribution in [0.5, 0.6) is 0 Å². The third-order valence-corrected chi connectivity index (χ3v) is 14.3. The van der Waals surface area contributed by atoms with Crippen molar-refractivity contribution in [1.82, 2.24) is 0 Å². The summed E-state index contributed by atoms with van der Waals surface area (Å²) in [5.41, 5.74) is 18.1. The van der Waals surface area contributed by atoms with Gasteiger partial charge in [0.15, 0.2) is 0 Å². The summed E-state index contributed by atoms with van der Waals surface area (Å²) < 4.78 is 6.47. The Balaban J connectivity index is 0.941. The monoisotopic (exact) mass is 852 g/mol. The second-order valence-electron chi connectivity index (χ2n) is 17.3. The van der Waals surface area contributed by atoms with Crippen LogP contribution < -0.4 is 9.80 Å². The van der Waals surface area contributed by atoms with Crippen LogP contribution in [0.15, 0.2) is 235 Å². The fourth-order valence-electron chi connectivity index (χ4n) is 9.83. The van der Waals surface area contributed by atoms with Crippen molar-refractivity contribution in [3.05, 3.63) is 242 Å². The first kappa shape index (κ1) is 38.7. The lowest BCUT2D eigenvalue weighted by molar-refractivity contribution is 0.660. The van der Waals surface area contributed by atoms with Gasteiger partial charge in [0.05, 0.1) is 0 Å². The zero-order chi connectivity index (χ0) is 43.5. The highest BCUT2D eigenvalue weighted by Gasteiger charge is 2.37. The van der Waals surface area contributed by atoms with Crippen LogP contribution in [0.2, 0.25) is 0 Å². The van der Waals surface area contributed by atoms with E-state index in [0.29, 0.717) is 0 Å². The SMILES string of the molecule is CC1(C)c2cc(N(c3ccccc3)c3ccccc3)ccc2-c2ccc(N(c3ccc(-c4ccc(-c5ccccc5)s4)cc3)c3ccc(-c4cccc5c4oc4ccccc45)cc3)cc21. The maximum absolute atomic E-state index is 6.47. The third-order valence-electron chi connectivity index (χ3n) is 13.1. The van der Waals surface area contributed by atoms with E-state index in [-0.39, 0.29) is 5.41 Å². The minimum Gasteiger partial charge on any atom is -0.455 e. The zero-order valence-corrected chi connectivity index (χ0v) is 37.0. The van der Waals surface area contributed by atoms with E-state index in [0.717, 1.165) is 67.2 Å². The Bertz CT molecular complexity index is 3460. The average Bonchev–Trinajstić information content (AvgIpc) is 4.07. The molecule has 65 heavy (non-hydrogen) atoms. The predicted octanol–water partition coefficient (Wildman–Crippen LogP) is 17.9. The smallest absolute Gasteiger partial charge is 0.143 e. The molecule has 4 heteroatoms. The molecule has 0 N–H and O–H groups in total. The minimum absolute atomic E-state index is 0.254. The highest BCUT2D eigenvalue weighted by atomic mass is 32.1. The van der Waals surface area contributed by atoms with Gasteiger partial charge in [0.25, 0.3) is 0 Å². The summed E-state index contributed by atoms with van der Waals surface area (Å²) in [6.45, 7) is 4.75. The number of anilines is 6. The molecule has 3 nitrogen and oxygen atoms in total. The number of hydrogen-bond acceptors (Lipinski definition) is 4. The Kier molecular flexibility index (Phi) is 9.36. The summed E-state index contributed by atoms with van der Waals surface area (Å²) in [5.74, 6) is 0. The first-order chi connectivity index (χ1) is 32.0. The molecule has 0 aliphatic heterocycles. The third kappa shape index (κ3) is 6.73. The van der Waals surface area contributed by atoms with E-state index in [1.807, 2.05) is 23.5 Å². The van der Waals surface area contributed by atoms with Crippen LogP contribution in [0, 0.1) is 0 Å². The van der Waals surface area contributed by atoms with Crippen LogP contribution in [-0.2, 0) is 5.41 Å². The summed E-state index contributed by atoms with van der Waals surface area (Å²) >= 11 is 1.83. The average molecular weight is 853 g/mol. The van der Waals surface area contributed by atoms with Gasteiger partial charge in [-0.15, -0.1) is 11.3 Å². The van der Waals surface area contributed by atoms with Gasteiger partial charge in [-0.2, -0.15) is 0 Å². The molecule has 1 aliphatic rings. The van der Waals surface area contributed by atoms with Gasteiger partial charge >= 0.3 is 0 Å². The number of furan rings is 1. The summed E-state index contributed by atoms with van der Waals surface area (Å²) in [7, 11) is 0. The van der Waals surface area contributed by atoms with Gasteiger partial charge in [0.1, 0.15) is 11.2 Å². The van der Waals surface area contributed by atoms with E-state index in [1.54, 1.807) is 0 Å². The molecule has 0 radical (unpaired) electrons. The van der Waals surface area contributed by atoms with Crippen molar-refractivity contribution in [2.24, 2.45) is 0 Å². The second-order valence-corrected chi connectivity index (χ2v) is 18.4. The molecule has 9 aromatic carbocycles. The Morgan fingerprint density at radius 3 is 1.37 bits per heavy atom. The molecule has 0 fully saturated rings. The maximum Gasteiger partial charge on any atom is 0.143 e. The Hall–Kier alpha value is -7.92. The summed E-state index contributed by atoms with van der Waals surface area (Å²) in [5, 5.41) is 2.27. The molecular weight excluding hydrogens is 809 g/mol. The van der Waals surface area contributed by atoms with E-state index < -0.39 is 0 Å². The number of rotatable bonds is 9. The molecule has 0 spiro atoms. The number of benzene rings is 9. The van der Waals surface area contributed by atoms with Gasteiger partial charge in [0, 0.05) is 65.6 Å². The van der Waals surface area contributed by atoms with E-state index in [2.05, 4.69) is 242 Å². The lowest BCUT2D eigenvalue weighted by Crippen LogP contribution is -2.17. The minimum atomic E-state index is -0.254. The molecular formula is C61H44N2OS. The molecule has 310 valence electrons. The Morgan fingerprint density at radius 1 is 0.354 bits per heavy atom. The molecule has 1 aliphatic carbocycles. The lowest BCUT2D eigenvalue weighted by Gasteiger charge is -2.29. The van der Waals surface area contributed by atoms with E-state index in [1.165, 1.54) is 43.1 Å². The Labute approximate surface area is 383 Å². The van der Waals surface area contributed by atoms with Gasteiger partial charge in [-0.25, -0.2) is 0 Å². The zero-order valence-electron chi connectivity index (χ0n) is 36.2. The van der Waals surface area contributed by atoms with Gasteiger partial charge in [-0.1, -0.05) is 153 Å². The van der Waals surface area contributed by atoms with Gasteiger partial charge < -0.3 is 14.2 Å². The molecule has 0 saturated carbocycles. The van der Waals surface area contributed by atoms with Crippen LogP contribution in [0.4, 0.5) is 34.1 Å². The van der Waals surface area contributed by atoms with Gasteiger partial charge in [-0.3, -0.25) is 0 Å². The van der Waals surface area contributed by atoms with Crippen molar-refractivity contribution in [2.45, 2.75) is 19.3 Å². The normalized spacial score (nSPS) is 12.6. The predicted molar refractivity (Wildman–Crippen MR) is 275 cm³/mol. The van der Waals surface area contributed by atoms with Gasteiger partial charge in [0.2, 0.25) is 0 Å². The van der Waals surface area contributed by atoms with Crippen LogP contribution >= 0.6 is 11.3 Å². The first-order valence-corrected chi connectivity index (χ1v) is 23.1. The maximum atomic E-state index is 6.47. The van der Waals surface area contributed by atoms with Crippen LogP contribution in [0.25, 0.3) is 65.1 Å². The second kappa shape index (κ2) is 15.7. The molecule has 0 amide bonds. The van der Waals surface area contributed by atoms with Crippen molar-refractivity contribution in [3.63, 3.8) is 0 Å². The van der Waals surface area contributed by atoms with Crippen molar-refractivity contribution in [2.75, 3.05) is 9.80 Å². The summed E-state index contributed by atoms with van der Waals surface area (Å²) in [6, 6.07) is 83.2. The molecule has 2 aromatic heterocycles. The molecule has 0 atom stereocenters. The quantitative estimate of drug-likeness (QED) is 0.144. The number of hydrogen-bond donors (Lipinski definition) is 0. The first-order valence-electron chi connectivity index (χ1n) is 22.2. The van der Waals surface area contributed by atoms with Crippen molar-refractivity contribution in [1.29, 1.82) is 0 Å². The fraction of sp³-hybridized carbons (Fsp3) is 0.0492. The number of fused-ring (bicyclic) bond motifs is 6. The summed E-state index contributed by atoms with van der Waals surface area (Å²) in [6.07, 6.45) is 0. The van der Waals surface area contributed by atoms with Crippen LogP contribution in [-0.4, -0.2) is 0 Å². The molecule has 0 unspecified atom stereocenters. The molecule has 2 heterocycles. The van der Waals surface area contributed by atoms with E-state index in [9.17, 15) is 0 Å². The van der Waals surface area contributed by atoms with Crippen LogP contribution in [0.1, 0.15) is 25.0 Å². The van der Waals surface area contributed by atoms with E-state index >= 15 is 0 Å². The Morgan fingerprint density at radius 2 is 0.800 bits per heavy atom. The highest BCUT2D eigenvalue weighted by molar-refractivity contribution is 7.18. The number of nitrogens with zero attached hydrogens (tertiary/aromatic N) is 2. The topological polar surface area (TPSA) is 19.6 Å². The number of thiophene rings is 1. The fourth-order valence-corrected chi connectivity index (χ4v) is 10.8. The molecule has 0 bridgehead atoms. The number of para-hydroxylation sites is 4. The summed E-state index contributed by atoms with van der Waals surface area (Å²) in [4.78, 5) is 7.27. The van der Waals surface area contributed by atoms with Crippen molar-refractivity contribution in [3.8, 4) is 43.1 Å². The van der Waals surface area contributed by atoms with Crippen molar-refractivity contribution < 1.29 is 4.42 Å². The standard InChI is InChI=1S/C61H44N2OS/c1-61(2)55-39-48(62(44-17-8-4-9-18-44)45-19-10-5-11-20-45)33-35-51(55)52-36-34-49(40-56(52)61)63(47-31-27-43(28-32-47)59-38-37-58(65-59)42-15-6-3-7-16-42)46-29-25-41(26-30-46)50-22-14-23-54-53-21-12-13-24-57(53)64-60(50)54/h3-40H,1-2H3. The lowest BCUT2D eigenvalue weighted by atomic mass is 9.82. The van der Waals surface area contributed by atoms with Crippen molar-refractivity contribution >= 4 is 67.4 Å². The molecule has 11 aromatic rings. The molecule has 0 saturated heterocycles.